The summed E-state index contributed by atoms with van der Waals surface area (Å²) >= 11 is 0. The van der Waals surface area contributed by atoms with E-state index in [9.17, 15) is 4.39 Å². The molecule has 1 aromatic carbocycles. The normalized spacial score (nSPS) is 24.3. The van der Waals surface area contributed by atoms with Gasteiger partial charge in [0.25, 0.3) is 0 Å². The van der Waals surface area contributed by atoms with E-state index in [0.717, 1.165) is 25.1 Å². The lowest BCUT2D eigenvalue weighted by Gasteiger charge is -2.27. The molecule has 0 saturated carbocycles. The van der Waals surface area contributed by atoms with Crippen molar-refractivity contribution in [1.29, 1.82) is 0 Å². The summed E-state index contributed by atoms with van der Waals surface area (Å²) in [6.45, 7) is 5.58. The third kappa shape index (κ3) is 2.43. The Balaban J connectivity index is 2.10. The largest absolute Gasteiger partial charge is 0.316 e. The van der Waals surface area contributed by atoms with Crippen LogP contribution < -0.4 is 5.32 Å². The zero-order valence-corrected chi connectivity index (χ0v) is 10.1. The van der Waals surface area contributed by atoms with Gasteiger partial charge in [-0.15, -0.1) is 0 Å². The highest BCUT2D eigenvalue weighted by molar-refractivity contribution is 5.27. The minimum Gasteiger partial charge on any atom is -0.316 e. The molecule has 88 valence electrons. The molecule has 1 N–H and O–H groups in total. The summed E-state index contributed by atoms with van der Waals surface area (Å²) in [4.78, 5) is 0. The Morgan fingerprint density at radius 1 is 1.44 bits per heavy atom. The van der Waals surface area contributed by atoms with Gasteiger partial charge in [-0.3, -0.25) is 0 Å². The molecule has 0 spiro atoms. The lowest BCUT2D eigenvalue weighted by Crippen LogP contribution is -2.34. The van der Waals surface area contributed by atoms with Crippen molar-refractivity contribution in [3.63, 3.8) is 0 Å². The molecule has 1 aromatic rings. The molecule has 1 aliphatic heterocycles. The van der Waals surface area contributed by atoms with Crippen molar-refractivity contribution in [2.45, 2.75) is 32.4 Å². The van der Waals surface area contributed by atoms with Gasteiger partial charge < -0.3 is 5.32 Å². The molecule has 0 aromatic heterocycles. The van der Waals surface area contributed by atoms with Gasteiger partial charge in [0.1, 0.15) is 5.67 Å². The summed E-state index contributed by atoms with van der Waals surface area (Å²) in [6, 6.07) is 8.09. The summed E-state index contributed by atoms with van der Waals surface area (Å²) in [5.41, 5.74) is 1.24. The second-order valence-electron chi connectivity index (χ2n) is 5.07. The Bertz CT molecular complexity index is 354. The van der Waals surface area contributed by atoms with Gasteiger partial charge in [-0.25, -0.2) is 4.39 Å². The first kappa shape index (κ1) is 11.6. The third-order valence-electron chi connectivity index (χ3n) is 3.71. The molecule has 1 aliphatic rings. The molecule has 2 rings (SSSR count). The number of hydrogen-bond acceptors (Lipinski definition) is 1. The van der Waals surface area contributed by atoms with Crippen LogP contribution in [0.4, 0.5) is 4.39 Å². The third-order valence-corrected chi connectivity index (χ3v) is 3.71. The van der Waals surface area contributed by atoms with Crippen molar-refractivity contribution >= 4 is 0 Å². The van der Waals surface area contributed by atoms with Crippen LogP contribution in [0.1, 0.15) is 24.5 Å². The van der Waals surface area contributed by atoms with E-state index in [-0.39, 0.29) is 5.92 Å². The Labute approximate surface area is 97.1 Å². The standard InChI is InChI=1S/C14H20FN/c1-11-5-3-4-6-12(11)9-14(2,15)13-7-8-16-10-13/h3-6,13,16H,7-10H2,1-2H3. The van der Waals surface area contributed by atoms with Crippen LogP contribution in [0.2, 0.25) is 0 Å². The van der Waals surface area contributed by atoms with Gasteiger partial charge in [-0.1, -0.05) is 24.3 Å². The first-order chi connectivity index (χ1) is 7.59. The van der Waals surface area contributed by atoms with Crippen molar-refractivity contribution in [3.05, 3.63) is 35.4 Å². The van der Waals surface area contributed by atoms with E-state index in [2.05, 4.69) is 18.3 Å². The van der Waals surface area contributed by atoms with Gasteiger partial charge >= 0.3 is 0 Å². The second kappa shape index (κ2) is 4.54. The molecule has 0 amide bonds. The number of benzene rings is 1. The van der Waals surface area contributed by atoms with E-state index in [4.69, 9.17) is 0 Å². The average Bonchev–Trinajstić information content (AvgIpc) is 2.75. The fourth-order valence-corrected chi connectivity index (χ4v) is 2.49. The van der Waals surface area contributed by atoms with Gasteiger partial charge in [0, 0.05) is 18.9 Å². The Kier molecular flexibility index (Phi) is 3.29. The molecule has 1 fully saturated rings. The Morgan fingerprint density at radius 3 is 2.81 bits per heavy atom. The molecular weight excluding hydrogens is 201 g/mol. The van der Waals surface area contributed by atoms with Crippen LogP contribution >= 0.6 is 0 Å². The van der Waals surface area contributed by atoms with Crippen molar-refractivity contribution in [2.75, 3.05) is 13.1 Å². The molecular formula is C14H20FN. The fraction of sp³-hybridized carbons (Fsp3) is 0.571. The first-order valence-electron chi connectivity index (χ1n) is 6.04. The minimum atomic E-state index is -1.09. The summed E-state index contributed by atoms with van der Waals surface area (Å²) in [6.07, 6.45) is 1.49. The predicted octanol–water partition coefficient (Wildman–Crippen LogP) is 2.88. The zero-order chi connectivity index (χ0) is 11.6. The van der Waals surface area contributed by atoms with Crippen LogP contribution in [0.5, 0.6) is 0 Å². The van der Waals surface area contributed by atoms with Gasteiger partial charge in [0.05, 0.1) is 0 Å². The highest BCUT2D eigenvalue weighted by Crippen LogP contribution is 2.31. The second-order valence-corrected chi connectivity index (χ2v) is 5.07. The highest BCUT2D eigenvalue weighted by Gasteiger charge is 2.36. The molecule has 0 bridgehead atoms. The van der Waals surface area contributed by atoms with E-state index in [1.165, 1.54) is 5.56 Å². The summed E-state index contributed by atoms with van der Waals surface area (Å²) in [7, 11) is 0. The lowest BCUT2D eigenvalue weighted by atomic mass is 9.84. The minimum absolute atomic E-state index is 0.159. The molecule has 1 nitrogen and oxygen atoms in total. The van der Waals surface area contributed by atoms with Gasteiger partial charge in [-0.05, 0) is 37.9 Å². The summed E-state index contributed by atoms with van der Waals surface area (Å²) in [5.74, 6) is 0.159. The number of halogens is 1. The Hall–Kier alpha value is -0.890. The Morgan fingerprint density at radius 2 is 2.19 bits per heavy atom. The van der Waals surface area contributed by atoms with Crippen LogP contribution in [-0.2, 0) is 6.42 Å². The number of aryl methyl sites for hydroxylation is 1. The summed E-state index contributed by atoms with van der Waals surface area (Å²) in [5, 5.41) is 3.24. The van der Waals surface area contributed by atoms with Crippen LogP contribution in [0.3, 0.4) is 0 Å². The maximum Gasteiger partial charge on any atom is 0.116 e. The van der Waals surface area contributed by atoms with E-state index in [1.807, 2.05) is 18.2 Å². The van der Waals surface area contributed by atoms with Crippen LogP contribution in [0.25, 0.3) is 0 Å². The van der Waals surface area contributed by atoms with Crippen molar-refractivity contribution < 1.29 is 4.39 Å². The molecule has 1 heterocycles. The van der Waals surface area contributed by atoms with Crippen molar-refractivity contribution in [1.82, 2.24) is 5.32 Å². The van der Waals surface area contributed by atoms with Crippen LogP contribution in [0, 0.1) is 12.8 Å². The maximum atomic E-state index is 14.6. The summed E-state index contributed by atoms with van der Waals surface area (Å²) < 4.78 is 14.6. The number of alkyl halides is 1. The topological polar surface area (TPSA) is 12.0 Å². The molecule has 0 aliphatic carbocycles. The fourth-order valence-electron chi connectivity index (χ4n) is 2.49. The van der Waals surface area contributed by atoms with Gasteiger partial charge in [-0.2, -0.15) is 0 Å². The predicted molar refractivity (Wildman–Crippen MR) is 65.4 cm³/mol. The molecule has 2 unspecified atom stereocenters. The van der Waals surface area contributed by atoms with Gasteiger partial charge in [0.2, 0.25) is 0 Å². The molecule has 0 radical (unpaired) electrons. The number of rotatable bonds is 3. The number of hydrogen-bond donors (Lipinski definition) is 1. The highest BCUT2D eigenvalue weighted by atomic mass is 19.1. The maximum absolute atomic E-state index is 14.6. The van der Waals surface area contributed by atoms with Crippen LogP contribution in [-0.4, -0.2) is 18.8 Å². The SMILES string of the molecule is Cc1ccccc1CC(C)(F)C1CCNC1. The van der Waals surface area contributed by atoms with E-state index in [0.29, 0.717) is 6.42 Å². The van der Waals surface area contributed by atoms with Crippen molar-refractivity contribution in [2.24, 2.45) is 5.92 Å². The van der Waals surface area contributed by atoms with E-state index < -0.39 is 5.67 Å². The van der Waals surface area contributed by atoms with E-state index >= 15 is 0 Å². The lowest BCUT2D eigenvalue weighted by molar-refractivity contribution is 0.113. The van der Waals surface area contributed by atoms with E-state index in [1.54, 1.807) is 6.92 Å². The smallest absolute Gasteiger partial charge is 0.116 e. The molecule has 1 saturated heterocycles. The molecule has 2 heteroatoms. The zero-order valence-electron chi connectivity index (χ0n) is 10.1. The number of nitrogens with one attached hydrogen (secondary N) is 1. The quantitative estimate of drug-likeness (QED) is 0.827. The van der Waals surface area contributed by atoms with Crippen molar-refractivity contribution in [3.8, 4) is 0 Å². The van der Waals surface area contributed by atoms with Crippen LogP contribution in [0.15, 0.2) is 24.3 Å². The van der Waals surface area contributed by atoms with Gasteiger partial charge in [0.15, 0.2) is 0 Å². The molecule has 16 heavy (non-hydrogen) atoms. The monoisotopic (exact) mass is 221 g/mol. The average molecular weight is 221 g/mol. The molecule has 2 atom stereocenters. The first-order valence-corrected chi connectivity index (χ1v) is 6.04.